The van der Waals surface area contributed by atoms with E-state index >= 15 is 0 Å². The van der Waals surface area contributed by atoms with Crippen LogP contribution in [0.2, 0.25) is 0 Å². The fraction of sp³-hybridized carbons (Fsp3) is 0.625. The Kier molecular flexibility index (Phi) is 4.50. The number of Topliss-reactive ketones (excluding diaryl/α,β-unsaturated/α-hetero) is 1. The molecule has 0 atom stereocenters. The van der Waals surface area contributed by atoms with Crippen LogP contribution in [0.25, 0.3) is 0 Å². The number of carbonyl (C=O) groups is 1. The van der Waals surface area contributed by atoms with Crippen LogP contribution >= 0.6 is 0 Å². The molecule has 5 nitrogen and oxygen atoms in total. The second-order valence-corrected chi connectivity index (χ2v) is 3.36. The third kappa shape index (κ3) is 5.24. The van der Waals surface area contributed by atoms with E-state index in [0.29, 0.717) is 6.20 Å². The fourth-order valence-electron chi connectivity index (χ4n) is 1.00. The van der Waals surface area contributed by atoms with E-state index in [4.69, 9.17) is 0 Å². The zero-order valence-corrected chi connectivity index (χ0v) is 9.12. The van der Waals surface area contributed by atoms with Gasteiger partial charge in [0.1, 0.15) is 6.61 Å². The Hall–Kier alpha value is -1.65. The Bertz CT molecular complexity index is 438. The summed E-state index contributed by atoms with van der Waals surface area (Å²) < 4.78 is 76.1. The molecule has 0 radical (unpaired) electrons. The van der Waals surface area contributed by atoms with Crippen LogP contribution in [0.1, 0.15) is 10.5 Å². The molecule has 0 fully saturated rings. The van der Waals surface area contributed by atoms with Crippen LogP contribution in [-0.4, -0.2) is 46.3 Å². The Balaban J connectivity index is 2.46. The van der Waals surface area contributed by atoms with Crippen molar-refractivity contribution in [2.75, 3.05) is 13.2 Å². The van der Waals surface area contributed by atoms with Crippen molar-refractivity contribution in [1.29, 1.82) is 0 Å². The molecule has 0 bridgehead atoms. The Morgan fingerprint density at radius 2 is 1.89 bits per heavy atom. The number of ether oxygens (including phenoxy) is 1. The molecule has 0 unspecified atom stereocenters. The molecule has 1 aromatic heterocycles. The molecule has 0 aromatic carbocycles. The van der Waals surface area contributed by atoms with Crippen LogP contribution in [0, 0.1) is 0 Å². The van der Waals surface area contributed by atoms with Gasteiger partial charge in [0.15, 0.2) is 5.69 Å². The lowest BCUT2D eigenvalue weighted by Crippen LogP contribution is -2.23. The molecule has 0 amide bonds. The molecule has 0 saturated heterocycles. The molecule has 0 N–H and O–H groups in total. The highest BCUT2D eigenvalue weighted by Crippen LogP contribution is 2.19. The van der Waals surface area contributed by atoms with Gasteiger partial charge in [-0.3, -0.25) is 4.79 Å². The molecule has 1 heterocycles. The number of carbonyl (C=O) groups excluding carboxylic acids is 1. The van der Waals surface area contributed by atoms with Gasteiger partial charge in [-0.2, -0.15) is 26.3 Å². The Labute approximate surface area is 102 Å². The molecule has 0 aliphatic heterocycles. The van der Waals surface area contributed by atoms with Crippen molar-refractivity contribution >= 4 is 5.78 Å². The molecular weight excluding hydrogens is 284 g/mol. The van der Waals surface area contributed by atoms with Crippen LogP contribution in [-0.2, 0) is 11.3 Å². The van der Waals surface area contributed by atoms with Crippen LogP contribution < -0.4 is 0 Å². The van der Waals surface area contributed by atoms with Crippen molar-refractivity contribution in [1.82, 2.24) is 15.0 Å². The molecular formula is C8H7F6N3O2. The number of hydrogen-bond donors (Lipinski definition) is 0. The topological polar surface area (TPSA) is 57.0 Å². The minimum absolute atomic E-state index is 0.256. The van der Waals surface area contributed by atoms with Gasteiger partial charge < -0.3 is 4.74 Å². The maximum absolute atomic E-state index is 12.0. The summed E-state index contributed by atoms with van der Waals surface area (Å²) in [7, 11) is 0. The van der Waals surface area contributed by atoms with Crippen LogP contribution in [0.5, 0.6) is 0 Å². The summed E-state index contributed by atoms with van der Waals surface area (Å²) in [6, 6.07) is 0. The van der Waals surface area contributed by atoms with Crippen molar-refractivity contribution in [2.45, 2.75) is 18.9 Å². The monoisotopic (exact) mass is 291 g/mol. The van der Waals surface area contributed by atoms with E-state index in [-0.39, 0.29) is 6.54 Å². The highest BCUT2D eigenvalue weighted by Gasteiger charge is 2.41. The van der Waals surface area contributed by atoms with Crippen molar-refractivity contribution in [3.63, 3.8) is 0 Å². The molecule has 0 aliphatic carbocycles. The first-order chi connectivity index (χ1) is 8.59. The molecule has 108 valence electrons. The quantitative estimate of drug-likeness (QED) is 0.470. The number of rotatable bonds is 5. The first-order valence-corrected chi connectivity index (χ1v) is 4.76. The predicted molar refractivity (Wildman–Crippen MR) is 47.3 cm³/mol. The standard InChI is InChI=1S/C8H7F6N3O2/c9-7(10,11)4-19-2-1-17-3-5(15-16-17)6(18)8(12,13)14/h3H,1-2,4H2. The second kappa shape index (κ2) is 5.55. The lowest BCUT2D eigenvalue weighted by atomic mass is 10.3. The fourth-order valence-corrected chi connectivity index (χ4v) is 1.00. The van der Waals surface area contributed by atoms with Crippen LogP contribution in [0.4, 0.5) is 26.3 Å². The third-order valence-corrected chi connectivity index (χ3v) is 1.76. The van der Waals surface area contributed by atoms with Gasteiger partial charge in [-0.05, 0) is 0 Å². The van der Waals surface area contributed by atoms with E-state index in [1.807, 2.05) is 0 Å². The predicted octanol–water partition coefficient (Wildman–Crippen LogP) is 1.60. The first-order valence-electron chi connectivity index (χ1n) is 4.76. The van der Waals surface area contributed by atoms with Gasteiger partial charge in [0.05, 0.1) is 19.3 Å². The highest BCUT2D eigenvalue weighted by atomic mass is 19.4. The van der Waals surface area contributed by atoms with Gasteiger partial charge in [-0.15, -0.1) is 5.10 Å². The molecule has 0 spiro atoms. The normalized spacial score (nSPS) is 12.7. The molecule has 0 saturated carbocycles. The number of halogens is 6. The lowest BCUT2D eigenvalue weighted by Gasteiger charge is -2.06. The molecule has 1 aromatic rings. The molecule has 1 rings (SSSR count). The summed E-state index contributed by atoms with van der Waals surface area (Å²) >= 11 is 0. The highest BCUT2D eigenvalue weighted by molar-refractivity contribution is 5.98. The third-order valence-electron chi connectivity index (χ3n) is 1.76. The molecule has 19 heavy (non-hydrogen) atoms. The SMILES string of the molecule is O=C(c1cn(CCOCC(F)(F)F)nn1)C(F)(F)F. The average Bonchev–Trinajstić information content (AvgIpc) is 2.69. The van der Waals surface area contributed by atoms with E-state index < -0.39 is 37.0 Å². The molecule has 0 aliphatic rings. The number of hydrogen-bond acceptors (Lipinski definition) is 4. The van der Waals surface area contributed by atoms with Crippen molar-refractivity contribution < 1.29 is 35.9 Å². The molecule has 11 heteroatoms. The van der Waals surface area contributed by atoms with Gasteiger partial charge in [0, 0.05) is 0 Å². The smallest absolute Gasteiger partial charge is 0.370 e. The summed E-state index contributed by atoms with van der Waals surface area (Å²) in [6.45, 7) is -2.16. The number of aromatic nitrogens is 3. The zero-order chi connectivity index (χ0) is 14.7. The maximum atomic E-state index is 12.0. The van der Waals surface area contributed by atoms with Gasteiger partial charge in [0.2, 0.25) is 0 Å². The summed E-state index contributed by atoms with van der Waals surface area (Å²) in [5, 5.41) is 6.15. The average molecular weight is 291 g/mol. The zero-order valence-electron chi connectivity index (χ0n) is 9.12. The minimum atomic E-state index is -5.08. The Morgan fingerprint density at radius 3 is 2.42 bits per heavy atom. The summed E-state index contributed by atoms with van der Waals surface area (Å²) in [4.78, 5) is 10.7. The van der Waals surface area contributed by atoms with E-state index in [9.17, 15) is 31.1 Å². The summed E-state index contributed by atoms with van der Waals surface area (Å²) in [5.41, 5.74) is -0.927. The first kappa shape index (κ1) is 15.4. The van der Waals surface area contributed by atoms with Crippen molar-refractivity contribution in [3.05, 3.63) is 11.9 Å². The minimum Gasteiger partial charge on any atom is -0.370 e. The van der Waals surface area contributed by atoms with Gasteiger partial charge >= 0.3 is 12.4 Å². The number of ketones is 1. The van der Waals surface area contributed by atoms with Gasteiger partial charge in [-0.25, -0.2) is 4.68 Å². The maximum Gasteiger partial charge on any atom is 0.456 e. The van der Waals surface area contributed by atoms with Crippen LogP contribution in [0.3, 0.4) is 0 Å². The van der Waals surface area contributed by atoms with E-state index in [1.165, 1.54) is 0 Å². The Morgan fingerprint density at radius 1 is 1.26 bits per heavy atom. The van der Waals surface area contributed by atoms with Crippen LogP contribution in [0.15, 0.2) is 6.20 Å². The van der Waals surface area contributed by atoms with Gasteiger partial charge in [-0.1, -0.05) is 5.21 Å². The van der Waals surface area contributed by atoms with Crippen molar-refractivity contribution in [3.8, 4) is 0 Å². The number of alkyl halides is 6. The summed E-state index contributed by atoms with van der Waals surface area (Å²) in [5.74, 6) is -2.17. The lowest BCUT2D eigenvalue weighted by molar-refractivity contribution is -0.174. The van der Waals surface area contributed by atoms with E-state index in [0.717, 1.165) is 4.68 Å². The van der Waals surface area contributed by atoms with Gasteiger partial charge in [0.25, 0.3) is 5.78 Å². The second-order valence-electron chi connectivity index (χ2n) is 3.36. The van der Waals surface area contributed by atoms with E-state index in [1.54, 1.807) is 0 Å². The van der Waals surface area contributed by atoms with E-state index in [2.05, 4.69) is 15.0 Å². The largest absolute Gasteiger partial charge is 0.456 e. The summed E-state index contributed by atoms with van der Waals surface area (Å²) in [6.07, 6.45) is -8.87. The van der Waals surface area contributed by atoms with Crippen molar-refractivity contribution in [2.24, 2.45) is 0 Å². The number of nitrogens with zero attached hydrogens (tertiary/aromatic N) is 3.